The van der Waals surface area contributed by atoms with Crippen molar-refractivity contribution in [3.8, 4) is 0 Å². The minimum atomic E-state index is -0.0590. The lowest BCUT2D eigenvalue weighted by Crippen LogP contribution is -2.43. The average molecular weight is 288 g/mol. The Hall–Kier alpha value is -2.08. The standard InChI is InChI=1S/C15H20N4O2/c1-2-21-11-4-3-7-19(9-11)15(20)14-12-8-10(16)5-6-13(12)17-18-14/h5-6,8,11H,2-4,7,9,16H2,1H3,(H,17,18). The zero-order valence-electron chi connectivity index (χ0n) is 12.1. The molecule has 1 amide bonds. The summed E-state index contributed by atoms with van der Waals surface area (Å²) in [5.74, 6) is -0.0590. The maximum atomic E-state index is 12.7. The maximum Gasteiger partial charge on any atom is 0.275 e. The van der Waals surface area contributed by atoms with E-state index in [1.54, 1.807) is 12.1 Å². The number of anilines is 1. The van der Waals surface area contributed by atoms with Crippen LogP contribution in [0.1, 0.15) is 30.3 Å². The normalized spacial score (nSPS) is 19.1. The van der Waals surface area contributed by atoms with Gasteiger partial charge in [-0.1, -0.05) is 0 Å². The fourth-order valence-corrected chi connectivity index (χ4v) is 2.84. The molecule has 0 spiro atoms. The van der Waals surface area contributed by atoms with E-state index in [9.17, 15) is 4.79 Å². The Morgan fingerprint density at radius 1 is 1.57 bits per heavy atom. The lowest BCUT2D eigenvalue weighted by atomic mass is 10.1. The van der Waals surface area contributed by atoms with E-state index in [-0.39, 0.29) is 12.0 Å². The van der Waals surface area contributed by atoms with Gasteiger partial charge in [0.25, 0.3) is 5.91 Å². The van der Waals surface area contributed by atoms with Crippen LogP contribution in [0.5, 0.6) is 0 Å². The van der Waals surface area contributed by atoms with Crippen molar-refractivity contribution in [2.45, 2.75) is 25.9 Å². The van der Waals surface area contributed by atoms with Gasteiger partial charge >= 0.3 is 0 Å². The largest absolute Gasteiger partial charge is 0.399 e. The predicted octanol–water partition coefficient (Wildman–Crippen LogP) is 1.79. The Bertz CT molecular complexity index is 650. The summed E-state index contributed by atoms with van der Waals surface area (Å²) in [7, 11) is 0. The third kappa shape index (κ3) is 2.71. The van der Waals surface area contributed by atoms with Gasteiger partial charge in [0.15, 0.2) is 5.69 Å². The van der Waals surface area contributed by atoms with Gasteiger partial charge in [-0.3, -0.25) is 9.89 Å². The Kier molecular flexibility index (Phi) is 3.79. The summed E-state index contributed by atoms with van der Waals surface area (Å²) in [6, 6.07) is 5.42. The molecule has 1 unspecified atom stereocenters. The molecule has 1 fully saturated rings. The highest BCUT2D eigenvalue weighted by molar-refractivity contribution is 6.05. The summed E-state index contributed by atoms with van der Waals surface area (Å²) in [5.41, 5.74) is 7.70. The van der Waals surface area contributed by atoms with Crippen molar-refractivity contribution in [2.24, 2.45) is 0 Å². The molecule has 3 N–H and O–H groups in total. The van der Waals surface area contributed by atoms with Gasteiger partial charge in [0, 0.05) is 30.8 Å². The molecule has 0 aliphatic carbocycles. The van der Waals surface area contributed by atoms with Gasteiger partial charge in [-0.25, -0.2) is 0 Å². The summed E-state index contributed by atoms with van der Waals surface area (Å²) in [6.45, 7) is 4.03. The average Bonchev–Trinajstić information content (AvgIpc) is 2.90. The number of ether oxygens (including phenoxy) is 1. The summed E-state index contributed by atoms with van der Waals surface area (Å²) in [6.07, 6.45) is 2.09. The SMILES string of the molecule is CCOC1CCCN(C(=O)c2n[nH]c3ccc(N)cc23)C1. The molecule has 0 bridgehead atoms. The third-order valence-corrected chi connectivity index (χ3v) is 3.86. The first kappa shape index (κ1) is 13.9. The highest BCUT2D eigenvalue weighted by atomic mass is 16.5. The van der Waals surface area contributed by atoms with Crippen LogP contribution in [0.4, 0.5) is 5.69 Å². The van der Waals surface area contributed by atoms with E-state index in [1.807, 2.05) is 17.9 Å². The van der Waals surface area contributed by atoms with Gasteiger partial charge < -0.3 is 15.4 Å². The number of fused-ring (bicyclic) bond motifs is 1. The van der Waals surface area contributed by atoms with Crippen LogP contribution in [0.25, 0.3) is 10.9 Å². The van der Waals surface area contributed by atoms with E-state index in [0.29, 0.717) is 24.5 Å². The number of aromatic nitrogens is 2. The fourth-order valence-electron chi connectivity index (χ4n) is 2.84. The molecule has 2 aromatic rings. The Balaban J connectivity index is 1.84. The molecule has 1 aromatic carbocycles. The molecular weight excluding hydrogens is 268 g/mol. The molecular formula is C15H20N4O2. The molecule has 21 heavy (non-hydrogen) atoms. The second-order valence-electron chi connectivity index (χ2n) is 5.35. The number of nitrogens with one attached hydrogen (secondary N) is 1. The van der Waals surface area contributed by atoms with Crippen molar-refractivity contribution < 1.29 is 9.53 Å². The highest BCUT2D eigenvalue weighted by Gasteiger charge is 2.27. The molecule has 2 heterocycles. The van der Waals surface area contributed by atoms with Crippen molar-refractivity contribution in [3.05, 3.63) is 23.9 Å². The van der Waals surface area contributed by atoms with Crippen molar-refractivity contribution in [2.75, 3.05) is 25.4 Å². The number of benzene rings is 1. The Labute approximate surface area is 123 Å². The second kappa shape index (κ2) is 5.73. The van der Waals surface area contributed by atoms with Crippen molar-refractivity contribution in [1.82, 2.24) is 15.1 Å². The molecule has 1 aliphatic heterocycles. The first-order valence-electron chi connectivity index (χ1n) is 7.33. The first-order chi connectivity index (χ1) is 10.2. The van der Waals surface area contributed by atoms with E-state index in [4.69, 9.17) is 10.5 Å². The number of hydrogen-bond acceptors (Lipinski definition) is 4. The monoisotopic (exact) mass is 288 g/mol. The van der Waals surface area contributed by atoms with Crippen LogP contribution in [-0.4, -0.2) is 46.8 Å². The van der Waals surface area contributed by atoms with E-state index >= 15 is 0 Å². The predicted molar refractivity (Wildman–Crippen MR) is 81.1 cm³/mol. The van der Waals surface area contributed by atoms with E-state index in [2.05, 4.69) is 10.2 Å². The number of amides is 1. The van der Waals surface area contributed by atoms with Gasteiger partial charge in [-0.15, -0.1) is 0 Å². The molecule has 1 aromatic heterocycles. The highest BCUT2D eigenvalue weighted by Crippen LogP contribution is 2.22. The van der Waals surface area contributed by atoms with Crippen LogP contribution in [0.2, 0.25) is 0 Å². The summed E-state index contributed by atoms with van der Waals surface area (Å²) in [5, 5.41) is 7.83. The molecule has 112 valence electrons. The Morgan fingerprint density at radius 3 is 3.24 bits per heavy atom. The van der Waals surface area contributed by atoms with Gasteiger partial charge in [0.2, 0.25) is 0 Å². The molecule has 3 rings (SSSR count). The van der Waals surface area contributed by atoms with Crippen LogP contribution in [0, 0.1) is 0 Å². The number of nitrogen functional groups attached to an aromatic ring is 1. The summed E-state index contributed by atoms with van der Waals surface area (Å²) in [4.78, 5) is 14.5. The molecule has 6 heteroatoms. The number of carbonyl (C=O) groups excluding carboxylic acids is 1. The molecule has 6 nitrogen and oxygen atoms in total. The Morgan fingerprint density at radius 2 is 2.43 bits per heavy atom. The number of carbonyl (C=O) groups is 1. The number of H-pyrrole nitrogens is 1. The van der Waals surface area contributed by atoms with Gasteiger partial charge in [-0.2, -0.15) is 5.10 Å². The molecule has 0 saturated carbocycles. The number of nitrogens with two attached hydrogens (primary N) is 1. The zero-order chi connectivity index (χ0) is 14.8. The quantitative estimate of drug-likeness (QED) is 0.843. The molecule has 1 atom stereocenters. The summed E-state index contributed by atoms with van der Waals surface area (Å²) < 4.78 is 5.65. The van der Waals surface area contributed by atoms with E-state index < -0.39 is 0 Å². The van der Waals surface area contributed by atoms with Crippen LogP contribution in [-0.2, 0) is 4.74 Å². The number of rotatable bonds is 3. The van der Waals surface area contributed by atoms with Gasteiger partial charge in [0.1, 0.15) is 0 Å². The topological polar surface area (TPSA) is 84.2 Å². The van der Waals surface area contributed by atoms with Crippen molar-refractivity contribution in [1.29, 1.82) is 0 Å². The number of nitrogens with zero attached hydrogens (tertiary/aromatic N) is 2. The second-order valence-corrected chi connectivity index (χ2v) is 5.35. The van der Waals surface area contributed by atoms with Crippen LogP contribution >= 0.6 is 0 Å². The van der Waals surface area contributed by atoms with E-state index in [0.717, 1.165) is 30.3 Å². The minimum Gasteiger partial charge on any atom is -0.399 e. The number of hydrogen-bond donors (Lipinski definition) is 2. The van der Waals surface area contributed by atoms with Crippen molar-refractivity contribution >= 4 is 22.5 Å². The lowest BCUT2D eigenvalue weighted by molar-refractivity contribution is 0.00710. The smallest absolute Gasteiger partial charge is 0.275 e. The molecule has 0 radical (unpaired) electrons. The molecule has 1 saturated heterocycles. The minimum absolute atomic E-state index is 0.0590. The first-order valence-corrected chi connectivity index (χ1v) is 7.33. The van der Waals surface area contributed by atoms with Crippen LogP contribution in [0.15, 0.2) is 18.2 Å². The maximum absolute atomic E-state index is 12.7. The van der Waals surface area contributed by atoms with Gasteiger partial charge in [0.05, 0.1) is 11.6 Å². The fraction of sp³-hybridized carbons (Fsp3) is 0.467. The lowest BCUT2D eigenvalue weighted by Gasteiger charge is -2.32. The number of aromatic amines is 1. The number of piperidine rings is 1. The van der Waals surface area contributed by atoms with Crippen LogP contribution < -0.4 is 5.73 Å². The summed E-state index contributed by atoms with van der Waals surface area (Å²) >= 11 is 0. The number of likely N-dealkylation sites (tertiary alicyclic amines) is 1. The van der Waals surface area contributed by atoms with Gasteiger partial charge in [-0.05, 0) is 38.0 Å². The van der Waals surface area contributed by atoms with Crippen molar-refractivity contribution in [3.63, 3.8) is 0 Å². The molecule has 1 aliphatic rings. The van der Waals surface area contributed by atoms with Crippen LogP contribution in [0.3, 0.4) is 0 Å². The zero-order valence-corrected chi connectivity index (χ0v) is 12.1. The van der Waals surface area contributed by atoms with E-state index in [1.165, 1.54) is 0 Å². The third-order valence-electron chi connectivity index (χ3n) is 3.86.